The van der Waals surface area contributed by atoms with Crippen LogP contribution in [-0.4, -0.2) is 81.3 Å². The van der Waals surface area contributed by atoms with Crippen LogP contribution >= 0.6 is 7.82 Å². The largest absolute Gasteiger partial charge is 0.470 e. The second-order valence-electron chi connectivity index (χ2n) is 6.00. The number of aromatic nitrogens is 4. The molecule has 0 bridgehead atoms. The smallest absolute Gasteiger partial charge is 0.382 e. The molecule has 15 heteroatoms. The van der Waals surface area contributed by atoms with Gasteiger partial charge in [0.25, 0.3) is 0 Å². The molecule has 1 saturated heterocycles. The molecule has 1 aliphatic heterocycles. The molecule has 3 atom stereocenters. The molecule has 1 aliphatic rings. The van der Waals surface area contributed by atoms with E-state index in [4.69, 9.17) is 34.9 Å². The molecule has 14 nitrogen and oxygen atoms in total. The van der Waals surface area contributed by atoms with Crippen molar-refractivity contribution in [3.05, 3.63) is 12.7 Å². The fourth-order valence-corrected chi connectivity index (χ4v) is 3.34. The maximum Gasteiger partial charge on any atom is 0.470 e. The molecule has 0 aliphatic carbocycles. The third-order valence-corrected chi connectivity index (χ3v) is 4.54. The van der Waals surface area contributed by atoms with E-state index in [9.17, 15) is 14.4 Å². The second kappa shape index (κ2) is 9.84. The van der Waals surface area contributed by atoms with Crippen molar-refractivity contribution < 1.29 is 37.8 Å². The molecule has 1 fully saturated rings. The van der Waals surface area contributed by atoms with Gasteiger partial charge in [0.05, 0.1) is 32.8 Å². The van der Waals surface area contributed by atoms with E-state index in [2.05, 4.69) is 15.0 Å². The number of hydrogen-bond donors (Lipinski definition) is 4. The minimum atomic E-state index is -4.77. The number of fused-ring (bicyclic) bond motifs is 1. The Balaban J connectivity index is 1.70. The van der Waals surface area contributed by atoms with Crippen molar-refractivity contribution in [3.8, 4) is 0 Å². The van der Waals surface area contributed by atoms with E-state index in [1.165, 1.54) is 17.2 Å². The van der Waals surface area contributed by atoms with Gasteiger partial charge in [-0.2, -0.15) is 0 Å². The van der Waals surface area contributed by atoms with Gasteiger partial charge < -0.3 is 40.2 Å². The molecule has 0 radical (unpaired) electrons. The van der Waals surface area contributed by atoms with Crippen molar-refractivity contribution in [2.45, 2.75) is 18.4 Å². The van der Waals surface area contributed by atoms with Gasteiger partial charge in [0.2, 0.25) is 0 Å². The van der Waals surface area contributed by atoms with E-state index in [1.54, 1.807) is 0 Å². The predicted octanol–water partition coefficient (Wildman–Crippen LogP) is -1.25. The molecule has 3 heterocycles. The molecule has 2 aromatic rings. The molecule has 162 valence electrons. The first kappa shape index (κ1) is 22.0. The van der Waals surface area contributed by atoms with Crippen molar-refractivity contribution in [1.82, 2.24) is 19.5 Å². The van der Waals surface area contributed by atoms with Gasteiger partial charge in [0.15, 0.2) is 17.7 Å². The Morgan fingerprint density at radius 3 is 2.79 bits per heavy atom. The normalized spacial score (nSPS) is 22.5. The molecular weight excluding hydrogens is 411 g/mol. The first-order valence-corrected chi connectivity index (χ1v) is 10.2. The van der Waals surface area contributed by atoms with Crippen LogP contribution in [0.2, 0.25) is 0 Å². The maximum atomic E-state index is 11.3. The van der Waals surface area contributed by atoms with Gasteiger partial charge in [-0.3, -0.25) is 9.09 Å². The Hall–Kier alpha value is -1.74. The number of phosphoric ester groups is 1. The van der Waals surface area contributed by atoms with Crippen molar-refractivity contribution in [1.29, 1.82) is 0 Å². The number of anilines is 1. The summed E-state index contributed by atoms with van der Waals surface area (Å²) in [4.78, 5) is 30.5. The van der Waals surface area contributed by atoms with Crippen molar-refractivity contribution in [2.24, 2.45) is 5.73 Å². The van der Waals surface area contributed by atoms with E-state index >= 15 is 0 Å². The lowest BCUT2D eigenvalue weighted by atomic mass is 10.2. The van der Waals surface area contributed by atoms with E-state index in [0.717, 1.165) is 0 Å². The summed E-state index contributed by atoms with van der Waals surface area (Å²) in [5.41, 5.74) is 11.9. The van der Waals surface area contributed by atoms with Crippen LogP contribution in [0.1, 0.15) is 6.23 Å². The monoisotopic (exact) mass is 434 g/mol. The third kappa shape index (κ3) is 5.66. The van der Waals surface area contributed by atoms with E-state index in [-0.39, 0.29) is 25.8 Å². The fraction of sp³-hybridized carbons (Fsp3) is 0.643. The SMILES string of the molecule is NCCOCCOCOC1[C@@H](OP(=O)(O)O)CO[C@H]1n1cnc2c(N)ncnc21. The highest BCUT2D eigenvalue weighted by atomic mass is 31.2. The van der Waals surface area contributed by atoms with Crippen LogP contribution in [0, 0.1) is 0 Å². The molecule has 0 amide bonds. The summed E-state index contributed by atoms with van der Waals surface area (Å²) in [7, 11) is -4.77. The highest BCUT2D eigenvalue weighted by Gasteiger charge is 2.44. The minimum Gasteiger partial charge on any atom is -0.382 e. The predicted molar refractivity (Wildman–Crippen MR) is 97.2 cm³/mol. The topological polar surface area (TPSA) is 199 Å². The zero-order chi connectivity index (χ0) is 20.9. The summed E-state index contributed by atoms with van der Waals surface area (Å²) in [6.45, 7) is 1.10. The Morgan fingerprint density at radius 1 is 1.24 bits per heavy atom. The van der Waals surface area contributed by atoms with Crippen LogP contribution in [0.3, 0.4) is 0 Å². The van der Waals surface area contributed by atoms with Gasteiger partial charge in [-0.15, -0.1) is 0 Å². The molecule has 2 aromatic heterocycles. The summed E-state index contributed by atoms with van der Waals surface area (Å²) in [5, 5.41) is 0. The molecule has 6 N–H and O–H groups in total. The minimum absolute atomic E-state index is 0.125. The second-order valence-corrected chi connectivity index (χ2v) is 7.19. The van der Waals surface area contributed by atoms with Crippen molar-refractivity contribution in [3.63, 3.8) is 0 Å². The summed E-state index contributed by atoms with van der Waals surface area (Å²) in [6.07, 6.45) is -0.0917. The number of hydrogen-bond acceptors (Lipinski definition) is 11. The van der Waals surface area contributed by atoms with Gasteiger partial charge in [-0.1, -0.05) is 0 Å². The van der Waals surface area contributed by atoms with Crippen molar-refractivity contribution >= 4 is 24.8 Å². The zero-order valence-electron chi connectivity index (χ0n) is 15.4. The van der Waals surface area contributed by atoms with Crippen LogP contribution in [0.4, 0.5) is 5.82 Å². The summed E-state index contributed by atoms with van der Waals surface area (Å²) >= 11 is 0. The quantitative estimate of drug-likeness (QED) is 0.186. The molecule has 0 spiro atoms. The van der Waals surface area contributed by atoms with Gasteiger partial charge in [0, 0.05) is 6.54 Å². The standard InChI is InChI=1S/C14H23N6O8P/c15-1-2-24-3-4-25-8-27-11-9(28-29(21,22)23)5-26-14(11)20-7-19-10-12(16)17-6-18-13(10)20/h6-7,9,11,14H,1-5,8,15H2,(H2,16,17,18)(H2,21,22,23)/t9-,11?,14+/m0/s1. The van der Waals surface area contributed by atoms with Crippen molar-refractivity contribution in [2.75, 3.05) is 45.5 Å². The first-order valence-electron chi connectivity index (χ1n) is 8.66. The number of nitrogens with zero attached hydrogens (tertiary/aromatic N) is 4. The average Bonchev–Trinajstić information content (AvgIpc) is 3.24. The lowest BCUT2D eigenvalue weighted by Crippen LogP contribution is -2.34. The van der Waals surface area contributed by atoms with Gasteiger partial charge in [-0.25, -0.2) is 19.5 Å². The Labute approximate surface area is 165 Å². The number of phosphoric acid groups is 1. The van der Waals surface area contributed by atoms with Gasteiger partial charge in [-0.05, 0) is 0 Å². The third-order valence-electron chi connectivity index (χ3n) is 3.99. The fourth-order valence-electron chi connectivity index (χ4n) is 2.81. The lowest BCUT2D eigenvalue weighted by molar-refractivity contribution is -0.141. The van der Waals surface area contributed by atoms with E-state index < -0.39 is 26.3 Å². The highest BCUT2D eigenvalue weighted by Crippen LogP contribution is 2.42. The number of ether oxygens (including phenoxy) is 4. The summed E-state index contributed by atoms with van der Waals surface area (Å²) in [5.74, 6) is 0.188. The summed E-state index contributed by atoms with van der Waals surface area (Å²) in [6, 6.07) is 0. The maximum absolute atomic E-state index is 11.3. The number of nitrogens with two attached hydrogens (primary N) is 2. The molecule has 29 heavy (non-hydrogen) atoms. The van der Waals surface area contributed by atoms with Gasteiger partial charge >= 0.3 is 7.82 Å². The summed E-state index contributed by atoms with van der Waals surface area (Å²) < 4.78 is 39.5. The number of imidazole rings is 1. The lowest BCUT2D eigenvalue weighted by Gasteiger charge is -2.24. The molecule has 0 aromatic carbocycles. The van der Waals surface area contributed by atoms with Crippen LogP contribution in [0.25, 0.3) is 11.2 Å². The Bertz CT molecular complexity index is 847. The molecular formula is C14H23N6O8P. The first-order chi connectivity index (χ1) is 13.9. The van der Waals surface area contributed by atoms with Crippen LogP contribution in [-0.2, 0) is 28.0 Å². The van der Waals surface area contributed by atoms with Gasteiger partial charge in [0.1, 0.15) is 30.8 Å². The van der Waals surface area contributed by atoms with E-state index in [0.29, 0.717) is 30.9 Å². The Kier molecular flexibility index (Phi) is 7.45. The van der Waals surface area contributed by atoms with E-state index in [1.807, 2.05) is 0 Å². The average molecular weight is 434 g/mol. The highest BCUT2D eigenvalue weighted by molar-refractivity contribution is 7.46. The Morgan fingerprint density at radius 2 is 2.03 bits per heavy atom. The van der Waals surface area contributed by atoms with Crippen LogP contribution in [0.5, 0.6) is 0 Å². The number of rotatable bonds is 11. The van der Waals surface area contributed by atoms with Crippen LogP contribution in [0.15, 0.2) is 12.7 Å². The molecule has 3 rings (SSSR count). The molecule has 1 unspecified atom stereocenters. The van der Waals surface area contributed by atoms with Crippen LogP contribution < -0.4 is 11.5 Å². The number of nitrogen functional groups attached to an aromatic ring is 1. The zero-order valence-corrected chi connectivity index (χ0v) is 16.3. The molecule has 0 saturated carbocycles.